The number of aromatic nitrogens is 3. The number of hydrogen-bond donors (Lipinski definition) is 2. The summed E-state index contributed by atoms with van der Waals surface area (Å²) in [6.45, 7) is 3.30. The Morgan fingerprint density at radius 2 is 2.08 bits per heavy atom. The van der Waals surface area contributed by atoms with Crippen LogP contribution >= 0.6 is 0 Å². The monoisotopic (exact) mass is 330 g/mol. The van der Waals surface area contributed by atoms with Crippen molar-refractivity contribution in [3.05, 3.63) is 11.6 Å². The molecule has 7 heteroatoms. The summed E-state index contributed by atoms with van der Waals surface area (Å²) in [5, 5.41) is 24.1. The van der Waals surface area contributed by atoms with Crippen molar-refractivity contribution in [2.75, 3.05) is 0 Å². The van der Waals surface area contributed by atoms with Crippen LogP contribution in [-0.4, -0.2) is 32.3 Å². The lowest BCUT2D eigenvalue weighted by atomic mass is 9.82. The predicted molar refractivity (Wildman–Crippen MR) is 88.8 cm³/mol. The topological polar surface area (TPSA) is 95.6 Å². The highest BCUT2D eigenvalue weighted by Gasteiger charge is 2.34. The van der Waals surface area contributed by atoms with Gasteiger partial charge in [-0.2, -0.15) is 5.26 Å². The van der Waals surface area contributed by atoms with E-state index >= 15 is 0 Å². The van der Waals surface area contributed by atoms with Crippen LogP contribution < -0.4 is 10.6 Å². The number of hydrogen-bond acceptors (Lipinski definition) is 5. The van der Waals surface area contributed by atoms with Crippen LogP contribution in [0.4, 0.5) is 0 Å². The first kappa shape index (κ1) is 16.9. The zero-order valence-corrected chi connectivity index (χ0v) is 14.3. The smallest absolute Gasteiger partial charge is 0.238 e. The number of nitrogens with zero attached hydrogens (tertiary/aromatic N) is 4. The first-order chi connectivity index (χ1) is 11.6. The Labute approximate surface area is 142 Å². The molecular formula is C17H26N6O. The van der Waals surface area contributed by atoms with Gasteiger partial charge in [-0.25, -0.2) is 0 Å². The summed E-state index contributed by atoms with van der Waals surface area (Å²) in [4.78, 5) is 12.5. The van der Waals surface area contributed by atoms with Gasteiger partial charge in [0.15, 0.2) is 0 Å². The van der Waals surface area contributed by atoms with E-state index in [0.717, 1.165) is 63.1 Å². The van der Waals surface area contributed by atoms with Crippen molar-refractivity contribution < 1.29 is 4.79 Å². The van der Waals surface area contributed by atoms with Gasteiger partial charge >= 0.3 is 0 Å². The molecule has 2 N–H and O–H groups in total. The zero-order chi connectivity index (χ0) is 17.0. The van der Waals surface area contributed by atoms with Crippen LogP contribution in [0.25, 0.3) is 0 Å². The molecule has 7 nitrogen and oxygen atoms in total. The van der Waals surface area contributed by atoms with Crippen molar-refractivity contribution in [1.29, 1.82) is 5.26 Å². The maximum atomic E-state index is 12.5. The number of carbonyl (C=O) groups is 1. The third-order valence-electron chi connectivity index (χ3n) is 5.18. The first-order valence-electron chi connectivity index (χ1n) is 9.01. The lowest BCUT2D eigenvalue weighted by molar-refractivity contribution is -0.124. The van der Waals surface area contributed by atoms with E-state index in [9.17, 15) is 10.1 Å². The molecule has 130 valence electrons. The molecule has 3 rings (SSSR count). The molecule has 2 heterocycles. The van der Waals surface area contributed by atoms with E-state index in [2.05, 4.69) is 31.5 Å². The third-order valence-corrected chi connectivity index (χ3v) is 5.18. The highest BCUT2D eigenvalue weighted by molar-refractivity contribution is 5.82. The molecule has 1 atom stereocenters. The molecule has 1 aromatic heterocycles. The second-order valence-corrected chi connectivity index (χ2v) is 6.99. The number of nitrogens with one attached hydrogen (secondary N) is 2. The van der Waals surface area contributed by atoms with Crippen molar-refractivity contribution >= 4 is 5.91 Å². The van der Waals surface area contributed by atoms with Crippen molar-refractivity contribution in [3.63, 3.8) is 0 Å². The van der Waals surface area contributed by atoms with Crippen LogP contribution in [0, 0.1) is 11.3 Å². The molecule has 0 spiro atoms. The van der Waals surface area contributed by atoms with E-state index < -0.39 is 5.54 Å². The van der Waals surface area contributed by atoms with Crippen LogP contribution in [0.15, 0.2) is 0 Å². The van der Waals surface area contributed by atoms with E-state index in [0.29, 0.717) is 6.54 Å². The SMILES string of the molecule is C[C@H](NCc1nnc2n1CCCC2)C(=O)NC1(C#N)CCCCC1. The Hall–Kier alpha value is -1.94. The summed E-state index contributed by atoms with van der Waals surface area (Å²) >= 11 is 0. The second kappa shape index (κ2) is 7.31. The van der Waals surface area contributed by atoms with Gasteiger partial charge in [0.05, 0.1) is 18.7 Å². The Morgan fingerprint density at radius 1 is 1.29 bits per heavy atom. The second-order valence-electron chi connectivity index (χ2n) is 6.99. The highest BCUT2D eigenvalue weighted by Crippen LogP contribution is 2.27. The summed E-state index contributed by atoms with van der Waals surface area (Å²) in [5.74, 6) is 1.81. The van der Waals surface area contributed by atoms with Gasteiger partial charge in [0.2, 0.25) is 5.91 Å². The zero-order valence-electron chi connectivity index (χ0n) is 14.3. The fraction of sp³-hybridized carbons (Fsp3) is 0.765. The molecule has 0 aromatic carbocycles. The van der Waals surface area contributed by atoms with E-state index in [1.165, 1.54) is 6.42 Å². The van der Waals surface area contributed by atoms with Gasteiger partial charge in [0.1, 0.15) is 17.2 Å². The van der Waals surface area contributed by atoms with E-state index in [-0.39, 0.29) is 11.9 Å². The summed E-state index contributed by atoms with van der Waals surface area (Å²) in [6.07, 6.45) is 7.95. The molecule has 0 saturated heterocycles. The first-order valence-corrected chi connectivity index (χ1v) is 9.01. The molecule has 2 aliphatic rings. The minimum atomic E-state index is -0.681. The molecule has 1 aliphatic carbocycles. The maximum absolute atomic E-state index is 12.5. The fourth-order valence-electron chi connectivity index (χ4n) is 3.60. The van der Waals surface area contributed by atoms with E-state index in [1.807, 2.05) is 6.92 Å². The largest absolute Gasteiger partial charge is 0.336 e. The number of nitriles is 1. The van der Waals surface area contributed by atoms with Gasteiger partial charge in [-0.1, -0.05) is 19.3 Å². The van der Waals surface area contributed by atoms with Crippen molar-refractivity contribution in [2.24, 2.45) is 0 Å². The molecule has 24 heavy (non-hydrogen) atoms. The van der Waals surface area contributed by atoms with Gasteiger partial charge in [0, 0.05) is 13.0 Å². The summed E-state index contributed by atoms with van der Waals surface area (Å²) in [7, 11) is 0. The van der Waals surface area contributed by atoms with Crippen LogP contribution in [0.5, 0.6) is 0 Å². The number of fused-ring (bicyclic) bond motifs is 1. The fourth-order valence-corrected chi connectivity index (χ4v) is 3.60. The number of carbonyl (C=O) groups excluding carboxylic acids is 1. The van der Waals surface area contributed by atoms with Gasteiger partial charge in [0.25, 0.3) is 0 Å². The van der Waals surface area contributed by atoms with Crippen LogP contribution in [-0.2, 0) is 24.3 Å². The molecule has 0 bridgehead atoms. The summed E-state index contributed by atoms with van der Waals surface area (Å²) in [6, 6.07) is 1.96. The minimum Gasteiger partial charge on any atom is -0.336 e. The van der Waals surface area contributed by atoms with Gasteiger partial charge in [-0.3, -0.25) is 10.1 Å². The Morgan fingerprint density at radius 3 is 2.83 bits per heavy atom. The molecule has 0 unspecified atom stereocenters. The van der Waals surface area contributed by atoms with E-state index in [1.54, 1.807) is 0 Å². The van der Waals surface area contributed by atoms with Crippen molar-refractivity contribution in [2.45, 2.75) is 83.0 Å². The van der Waals surface area contributed by atoms with Gasteiger partial charge in [-0.05, 0) is 32.6 Å². The van der Waals surface area contributed by atoms with Crippen LogP contribution in [0.2, 0.25) is 0 Å². The standard InChI is InChI=1S/C17H26N6O/c1-13(16(24)20-17(12-18)8-4-2-5-9-17)19-11-15-22-21-14-7-3-6-10-23(14)15/h13,19H,2-11H2,1H3,(H,20,24)/t13-/m0/s1. The Balaban J connectivity index is 1.55. The Kier molecular flexibility index (Phi) is 5.14. The average molecular weight is 330 g/mol. The van der Waals surface area contributed by atoms with Crippen LogP contribution in [0.1, 0.15) is 63.5 Å². The molecule has 1 amide bonds. The number of aryl methyl sites for hydroxylation is 1. The summed E-state index contributed by atoms with van der Waals surface area (Å²) < 4.78 is 2.15. The molecular weight excluding hydrogens is 304 g/mol. The predicted octanol–water partition coefficient (Wildman–Crippen LogP) is 1.44. The lowest BCUT2D eigenvalue weighted by Crippen LogP contribution is -2.54. The van der Waals surface area contributed by atoms with Gasteiger partial charge < -0.3 is 9.88 Å². The lowest BCUT2D eigenvalue weighted by Gasteiger charge is -2.32. The molecule has 1 fully saturated rings. The quantitative estimate of drug-likeness (QED) is 0.851. The normalized spacial score (nSPS) is 20.7. The Bertz CT molecular complexity index is 626. The van der Waals surface area contributed by atoms with E-state index in [4.69, 9.17) is 0 Å². The highest BCUT2D eigenvalue weighted by atomic mass is 16.2. The third kappa shape index (κ3) is 3.59. The molecule has 1 saturated carbocycles. The minimum absolute atomic E-state index is 0.114. The van der Waals surface area contributed by atoms with Crippen LogP contribution in [0.3, 0.4) is 0 Å². The molecule has 1 aromatic rings. The molecule has 0 radical (unpaired) electrons. The summed E-state index contributed by atoms with van der Waals surface area (Å²) in [5.41, 5.74) is -0.681. The van der Waals surface area contributed by atoms with Crippen molar-refractivity contribution in [1.82, 2.24) is 25.4 Å². The average Bonchev–Trinajstić information content (AvgIpc) is 3.03. The maximum Gasteiger partial charge on any atom is 0.238 e. The number of rotatable bonds is 5. The molecule has 1 aliphatic heterocycles. The van der Waals surface area contributed by atoms with Crippen molar-refractivity contribution in [3.8, 4) is 6.07 Å². The number of amides is 1. The van der Waals surface area contributed by atoms with Gasteiger partial charge in [-0.15, -0.1) is 10.2 Å².